The maximum atomic E-state index is 12.3. The molecule has 0 aliphatic rings. The number of unbranched alkanes of at least 4 members (excludes halogenated alkanes) is 3. The molecule has 0 bridgehead atoms. The van der Waals surface area contributed by atoms with Crippen molar-refractivity contribution in [2.24, 2.45) is 0 Å². The average Bonchev–Trinajstić information content (AvgIpc) is 2.49. The Hall–Kier alpha value is 0.300. The minimum absolute atomic E-state index is 0.133. The zero-order valence-corrected chi connectivity index (χ0v) is 17.0. The first kappa shape index (κ1) is 22.3. The second kappa shape index (κ2) is 10.2. The van der Waals surface area contributed by atoms with Crippen LogP contribution < -0.4 is 0 Å². The van der Waals surface area contributed by atoms with Crippen LogP contribution >= 0.6 is 6.83 Å². The van der Waals surface area contributed by atoms with Crippen molar-refractivity contribution in [3.05, 3.63) is 0 Å². The van der Waals surface area contributed by atoms with Gasteiger partial charge in [-0.05, 0) is 0 Å². The second-order valence-corrected chi connectivity index (χ2v) is 13.6. The van der Waals surface area contributed by atoms with Crippen molar-refractivity contribution in [3.8, 4) is 0 Å². The van der Waals surface area contributed by atoms with Crippen LogP contribution in [0.15, 0.2) is 0 Å². The third kappa shape index (κ3) is 6.82. The molecule has 0 aromatic heterocycles. The molecule has 0 aliphatic carbocycles. The van der Waals surface area contributed by atoms with Crippen molar-refractivity contribution < 1.29 is 16.6 Å². The molecule has 22 heavy (non-hydrogen) atoms. The fraction of sp³-hybridized carbons (Fsp3) is 1.00. The number of hydrogen-bond donors (Lipinski definition) is 0. The summed E-state index contributed by atoms with van der Waals surface area (Å²) < 4.78 is 35.5. The molecule has 0 unspecified atom stereocenters. The summed E-state index contributed by atoms with van der Waals surface area (Å²) in [6, 6.07) is 0. The summed E-state index contributed by atoms with van der Waals surface area (Å²) in [5, 5.41) is 0. The Morgan fingerprint density at radius 3 is 1.45 bits per heavy atom. The minimum atomic E-state index is -3.89. The third-order valence-electron chi connectivity index (χ3n) is 4.60. The van der Waals surface area contributed by atoms with Gasteiger partial charge in [-0.15, -0.1) is 0 Å². The van der Waals surface area contributed by atoms with Crippen molar-refractivity contribution in [1.29, 1.82) is 0 Å². The van der Waals surface area contributed by atoms with Crippen LogP contribution in [0.2, 0.25) is 0 Å². The van der Waals surface area contributed by atoms with Crippen LogP contribution in [-0.2, 0) is 18.6 Å². The molecule has 0 rings (SSSR count). The molecular formula is C16H37O4PS. The van der Waals surface area contributed by atoms with Crippen LogP contribution in [0.5, 0.6) is 0 Å². The molecule has 0 aromatic carbocycles. The van der Waals surface area contributed by atoms with Gasteiger partial charge in [0, 0.05) is 0 Å². The van der Waals surface area contributed by atoms with Gasteiger partial charge in [-0.2, -0.15) is 0 Å². The summed E-state index contributed by atoms with van der Waals surface area (Å²) in [5.41, 5.74) is 0. The molecule has 6 heteroatoms. The van der Waals surface area contributed by atoms with E-state index in [1.165, 1.54) is 0 Å². The Balaban J connectivity index is 5.68. The molecule has 0 radical (unpaired) electrons. The molecular weight excluding hydrogens is 319 g/mol. The van der Waals surface area contributed by atoms with Gasteiger partial charge in [0.05, 0.1) is 0 Å². The van der Waals surface area contributed by atoms with Gasteiger partial charge < -0.3 is 0 Å². The fourth-order valence-electron chi connectivity index (χ4n) is 3.07. The van der Waals surface area contributed by atoms with Crippen molar-refractivity contribution in [2.45, 2.75) is 73.1 Å². The topological polar surface area (TPSA) is 52.6 Å². The monoisotopic (exact) mass is 356 g/mol. The molecule has 0 atom stereocenters. The maximum absolute atomic E-state index is 12.3. The van der Waals surface area contributed by atoms with Crippen molar-refractivity contribution in [3.63, 3.8) is 0 Å². The molecule has 0 saturated carbocycles. The fourth-order valence-corrected chi connectivity index (χ4v) is 11.9. The summed E-state index contributed by atoms with van der Waals surface area (Å²) >= 11 is 0. The molecule has 0 spiro atoms. The second-order valence-electron chi connectivity index (χ2n) is 6.30. The Kier molecular flexibility index (Phi) is 10.4. The van der Waals surface area contributed by atoms with E-state index in [0.717, 1.165) is 63.2 Å². The SMILES string of the molecule is CCCCP(CC)(CCCC)(CCCC)OS(=O)(=O)OCC. The first-order valence-corrected chi connectivity index (χ1v) is 13.2. The Bertz CT molecular complexity index is 370. The zero-order chi connectivity index (χ0) is 17.1. The van der Waals surface area contributed by atoms with E-state index in [9.17, 15) is 8.42 Å². The van der Waals surface area contributed by atoms with Crippen LogP contribution in [0.4, 0.5) is 0 Å². The molecule has 136 valence electrons. The Morgan fingerprint density at radius 2 is 1.18 bits per heavy atom. The first-order chi connectivity index (χ1) is 10.3. The Labute approximate surface area is 138 Å². The normalized spacial score (nSPS) is 14.7. The van der Waals surface area contributed by atoms with Gasteiger partial charge >= 0.3 is 138 Å². The van der Waals surface area contributed by atoms with Gasteiger partial charge in [-0.25, -0.2) is 0 Å². The molecule has 0 amide bonds. The summed E-state index contributed by atoms with van der Waals surface area (Å²) in [6.07, 6.45) is 9.83. The molecule has 0 N–H and O–H groups in total. The average molecular weight is 357 g/mol. The van der Waals surface area contributed by atoms with E-state index in [4.69, 9.17) is 8.15 Å². The molecule has 4 nitrogen and oxygen atoms in total. The van der Waals surface area contributed by atoms with E-state index in [1.807, 2.05) is 0 Å². The number of rotatable bonds is 14. The quantitative estimate of drug-likeness (QED) is 0.403. The van der Waals surface area contributed by atoms with Crippen LogP contribution in [0.3, 0.4) is 0 Å². The van der Waals surface area contributed by atoms with Crippen LogP contribution in [-0.4, -0.2) is 39.7 Å². The van der Waals surface area contributed by atoms with E-state index >= 15 is 0 Å². The number of hydrogen-bond acceptors (Lipinski definition) is 4. The first-order valence-electron chi connectivity index (χ1n) is 8.94. The van der Waals surface area contributed by atoms with E-state index < -0.39 is 17.2 Å². The van der Waals surface area contributed by atoms with E-state index in [-0.39, 0.29) is 6.61 Å². The van der Waals surface area contributed by atoms with Crippen LogP contribution in [0.25, 0.3) is 0 Å². The van der Waals surface area contributed by atoms with Crippen molar-refractivity contribution >= 4 is 17.2 Å². The summed E-state index contributed by atoms with van der Waals surface area (Å²) in [7, 11) is -3.89. The van der Waals surface area contributed by atoms with Gasteiger partial charge in [-0.3, -0.25) is 0 Å². The predicted molar refractivity (Wildman–Crippen MR) is 98.4 cm³/mol. The van der Waals surface area contributed by atoms with Gasteiger partial charge in [0.25, 0.3) is 0 Å². The van der Waals surface area contributed by atoms with Crippen molar-refractivity contribution in [2.75, 3.05) is 31.3 Å². The molecule has 0 heterocycles. The van der Waals surface area contributed by atoms with Gasteiger partial charge in [0.1, 0.15) is 0 Å². The predicted octanol–water partition coefficient (Wildman–Crippen LogP) is 5.17. The van der Waals surface area contributed by atoms with Gasteiger partial charge in [-0.1, -0.05) is 0 Å². The molecule has 0 aromatic rings. The Morgan fingerprint density at radius 1 is 0.773 bits per heavy atom. The standard InChI is InChI=1S/C16H37O4PS/c1-6-11-14-21(10-5,15-12-7-2,16-13-8-3)20-22(17,18)19-9-4/h6-16H2,1-5H3. The van der Waals surface area contributed by atoms with E-state index in [0.29, 0.717) is 0 Å². The third-order valence-corrected chi connectivity index (χ3v) is 13.5. The zero-order valence-electron chi connectivity index (χ0n) is 15.3. The van der Waals surface area contributed by atoms with Crippen LogP contribution in [0.1, 0.15) is 73.1 Å². The van der Waals surface area contributed by atoms with Gasteiger partial charge in [0.15, 0.2) is 0 Å². The molecule has 0 saturated heterocycles. The van der Waals surface area contributed by atoms with Gasteiger partial charge in [0.2, 0.25) is 0 Å². The van der Waals surface area contributed by atoms with Crippen LogP contribution in [0, 0.1) is 0 Å². The molecule has 0 fully saturated rings. The van der Waals surface area contributed by atoms with E-state index in [2.05, 4.69) is 27.7 Å². The summed E-state index contributed by atoms with van der Waals surface area (Å²) in [4.78, 5) is 0. The van der Waals surface area contributed by atoms with Crippen molar-refractivity contribution in [1.82, 2.24) is 0 Å². The molecule has 0 aliphatic heterocycles. The summed E-state index contributed by atoms with van der Waals surface area (Å²) in [6.45, 7) is 7.62. The summed E-state index contributed by atoms with van der Waals surface area (Å²) in [5.74, 6) is 0. The van der Waals surface area contributed by atoms with E-state index in [1.54, 1.807) is 6.92 Å².